The third-order valence-electron chi connectivity index (χ3n) is 4.18. The van der Waals surface area contributed by atoms with Gasteiger partial charge >= 0.3 is 0 Å². The SMILES string of the molecule is O=C(NC(F)C(O)C(F)F)c1cc(-c2ccc(Cl)cc2)nn(-c2cccc(Cl)c2)c1=O. The van der Waals surface area contributed by atoms with Gasteiger partial charge in [0.15, 0.2) is 6.10 Å². The van der Waals surface area contributed by atoms with E-state index in [4.69, 9.17) is 28.3 Å². The van der Waals surface area contributed by atoms with Gasteiger partial charge in [0.25, 0.3) is 17.9 Å². The largest absolute Gasteiger partial charge is 0.382 e. The molecule has 0 fully saturated rings. The molecular formula is C20H14Cl2F3N3O3. The Balaban J connectivity index is 2.12. The van der Waals surface area contributed by atoms with Crippen molar-refractivity contribution in [2.75, 3.05) is 0 Å². The number of nitrogens with one attached hydrogen (secondary N) is 1. The number of carbonyl (C=O) groups is 1. The minimum atomic E-state index is -3.43. The molecule has 31 heavy (non-hydrogen) atoms. The fourth-order valence-corrected chi connectivity index (χ4v) is 2.93. The number of aliphatic hydroxyl groups excluding tert-OH is 1. The first kappa shape index (κ1) is 22.8. The molecule has 1 aromatic heterocycles. The predicted molar refractivity (Wildman–Crippen MR) is 110 cm³/mol. The highest BCUT2D eigenvalue weighted by Crippen LogP contribution is 2.21. The second kappa shape index (κ2) is 9.51. The molecule has 0 aliphatic rings. The van der Waals surface area contributed by atoms with Gasteiger partial charge in [-0.1, -0.05) is 41.4 Å². The van der Waals surface area contributed by atoms with Crippen LogP contribution in [-0.2, 0) is 0 Å². The molecule has 2 unspecified atom stereocenters. The van der Waals surface area contributed by atoms with Crippen LogP contribution in [-0.4, -0.2) is 39.6 Å². The van der Waals surface area contributed by atoms with Gasteiger partial charge < -0.3 is 10.4 Å². The van der Waals surface area contributed by atoms with Gasteiger partial charge in [-0.05, 0) is 36.4 Å². The highest BCUT2D eigenvalue weighted by molar-refractivity contribution is 6.31. The first-order valence-corrected chi connectivity index (χ1v) is 9.50. The normalized spacial score (nSPS) is 13.1. The van der Waals surface area contributed by atoms with Crippen LogP contribution in [0.5, 0.6) is 0 Å². The second-order valence-corrected chi connectivity index (χ2v) is 7.22. The van der Waals surface area contributed by atoms with Crippen LogP contribution in [0.1, 0.15) is 10.4 Å². The minimum absolute atomic E-state index is 0.145. The summed E-state index contributed by atoms with van der Waals surface area (Å²) in [6.45, 7) is 0. The number of nitrogens with zero attached hydrogens (tertiary/aromatic N) is 2. The topological polar surface area (TPSA) is 84.2 Å². The number of carbonyl (C=O) groups excluding carboxylic acids is 1. The summed E-state index contributed by atoms with van der Waals surface area (Å²) in [5, 5.41) is 15.6. The molecule has 6 nitrogen and oxygen atoms in total. The summed E-state index contributed by atoms with van der Waals surface area (Å²) in [4.78, 5) is 25.4. The molecule has 2 N–H and O–H groups in total. The number of aromatic nitrogens is 2. The summed E-state index contributed by atoms with van der Waals surface area (Å²) in [7, 11) is 0. The monoisotopic (exact) mass is 471 g/mol. The average molecular weight is 472 g/mol. The van der Waals surface area contributed by atoms with E-state index < -0.39 is 35.9 Å². The Morgan fingerprint density at radius 3 is 2.32 bits per heavy atom. The van der Waals surface area contributed by atoms with Crippen molar-refractivity contribution < 1.29 is 23.1 Å². The molecule has 3 rings (SSSR count). The van der Waals surface area contributed by atoms with Crippen molar-refractivity contribution in [3.63, 3.8) is 0 Å². The van der Waals surface area contributed by atoms with E-state index in [2.05, 4.69) is 5.10 Å². The van der Waals surface area contributed by atoms with Crippen LogP contribution in [0.2, 0.25) is 10.0 Å². The number of hydrogen-bond acceptors (Lipinski definition) is 4. The number of hydrogen-bond donors (Lipinski definition) is 2. The van der Waals surface area contributed by atoms with Crippen molar-refractivity contribution in [1.29, 1.82) is 0 Å². The van der Waals surface area contributed by atoms with Gasteiger partial charge in [0.2, 0.25) is 6.30 Å². The molecule has 2 atom stereocenters. The third-order valence-corrected chi connectivity index (χ3v) is 4.66. The number of benzene rings is 2. The van der Waals surface area contributed by atoms with Crippen LogP contribution >= 0.6 is 23.2 Å². The second-order valence-electron chi connectivity index (χ2n) is 6.35. The van der Waals surface area contributed by atoms with Crippen molar-refractivity contribution in [3.8, 4) is 16.9 Å². The van der Waals surface area contributed by atoms with E-state index in [1.54, 1.807) is 41.7 Å². The maximum Gasteiger partial charge on any atom is 0.284 e. The average Bonchev–Trinajstić information content (AvgIpc) is 2.73. The summed E-state index contributed by atoms with van der Waals surface area (Å²) in [6.07, 6.45) is -8.98. The quantitative estimate of drug-likeness (QED) is 0.534. The predicted octanol–water partition coefficient (Wildman–Crippen LogP) is 3.86. The van der Waals surface area contributed by atoms with Crippen LogP contribution in [0.25, 0.3) is 16.9 Å². The van der Waals surface area contributed by atoms with Crippen LogP contribution in [0.4, 0.5) is 13.2 Å². The van der Waals surface area contributed by atoms with E-state index in [1.165, 1.54) is 12.1 Å². The van der Waals surface area contributed by atoms with Crippen molar-refractivity contribution in [2.24, 2.45) is 0 Å². The lowest BCUT2D eigenvalue weighted by Crippen LogP contribution is -2.45. The zero-order valence-corrected chi connectivity index (χ0v) is 17.0. The van der Waals surface area contributed by atoms with Crippen molar-refractivity contribution in [1.82, 2.24) is 15.1 Å². The summed E-state index contributed by atoms with van der Waals surface area (Å²) >= 11 is 11.9. The molecule has 0 saturated carbocycles. The molecule has 0 radical (unpaired) electrons. The summed E-state index contributed by atoms with van der Waals surface area (Å²) < 4.78 is 39.7. The number of halogens is 5. The van der Waals surface area contributed by atoms with Crippen LogP contribution in [0.3, 0.4) is 0 Å². The Morgan fingerprint density at radius 2 is 1.71 bits per heavy atom. The standard InChI is InChI=1S/C20H14Cl2F3N3O3/c21-11-6-4-10(5-7-11)15-9-14(19(30)26-18(25)16(29)17(23)24)20(31)28(27-15)13-3-1-2-12(22)8-13/h1-9,16-18,29H,(H,26,30). The van der Waals surface area contributed by atoms with E-state index in [0.29, 0.717) is 10.6 Å². The van der Waals surface area contributed by atoms with Gasteiger partial charge in [-0.3, -0.25) is 9.59 Å². The molecule has 2 aromatic carbocycles. The molecule has 162 valence electrons. The molecule has 0 saturated heterocycles. The molecule has 1 amide bonds. The Bertz CT molecular complexity index is 1160. The van der Waals surface area contributed by atoms with Gasteiger partial charge in [-0.2, -0.15) is 9.78 Å². The molecule has 0 bridgehead atoms. The Labute approximate surface area is 183 Å². The Hall–Kier alpha value is -2.88. The smallest absolute Gasteiger partial charge is 0.284 e. The highest BCUT2D eigenvalue weighted by atomic mass is 35.5. The Morgan fingerprint density at radius 1 is 1.03 bits per heavy atom. The number of rotatable bonds is 6. The molecule has 11 heteroatoms. The maximum absolute atomic E-state index is 13.8. The minimum Gasteiger partial charge on any atom is -0.382 e. The summed E-state index contributed by atoms with van der Waals surface area (Å²) in [5.41, 5.74) is -0.697. The number of aliphatic hydroxyl groups is 1. The molecule has 0 spiro atoms. The lowest BCUT2D eigenvalue weighted by molar-refractivity contribution is -0.0551. The van der Waals surface area contributed by atoms with Gasteiger partial charge in [-0.25, -0.2) is 13.2 Å². The van der Waals surface area contributed by atoms with Crippen LogP contribution < -0.4 is 10.9 Å². The summed E-state index contributed by atoms with van der Waals surface area (Å²) in [6, 6.07) is 13.4. The lowest BCUT2D eigenvalue weighted by atomic mass is 10.1. The zero-order chi connectivity index (χ0) is 22.7. The van der Waals surface area contributed by atoms with E-state index in [9.17, 15) is 22.8 Å². The fraction of sp³-hybridized carbons (Fsp3) is 0.150. The van der Waals surface area contributed by atoms with E-state index in [-0.39, 0.29) is 16.4 Å². The molecular weight excluding hydrogens is 458 g/mol. The molecule has 0 aliphatic carbocycles. The summed E-state index contributed by atoms with van der Waals surface area (Å²) in [5.74, 6) is -1.30. The van der Waals surface area contributed by atoms with Crippen LogP contribution in [0, 0.1) is 0 Å². The zero-order valence-electron chi connectivity index (χ0n) is 15.5. The first-order chi connectivity index (χ1) is 14.7. The van der Waals surface area contributed by atoms with Crippen LogP contribution in [0.15, 0.2) is 59.4 Å². The number of amides is 1. The van der Waals surface area contributed by atoms with Gasteiger partial charge in [0.1, 0.15) is 5.56 Å². The highest BCUT2D eigenvalue weighted by Gasteiger charge is 2.30. The van der Waals surface area contributed by atoms with E-state index in [0.717, 1.165) is 10.7 Å². The molecule has 3 aromatic rings. The number of alkyl halides is 3. The fourth-order valence-electron chi connectivity index (χ4n) is 2.62. The van der Waals surface area contributed by atoms with Crippen molar-refractivity contribution >= 4 is 29.1 Å². The molecule has 1 heterocycles. The molecule has 0 aliphatic heterocycles. The lowest BCUT2D eigenvalue weighted by Gasteiger charge is -2.17. The third kappa shape index (κ3) is 5.25. The Kier molecular flexibility index (Phi) is 6.99. The first-order valence-electron chi connectivity index (χ1n) is 8.75. The van der Waals surface area contributed by atoms with E-state index in [1.807, 2.05) is 0 Å². The van der Waals surface area contributed by atoms with E-state index >= 15 is 0 Å². The van der Waals surface area contributed by atoms with Gasteiger partial charge in [0, 0.05) is 15.6 Å². The maximum atomic E-state index is 13.8. The van der Waals surface area contributed by atoms with Gasteiger partial charge in [-0.15, -0.1) is 0 Å². The van der Waals surface area contributed by atoms with Gasteiger partial charge in [0.05, 0.1) is 11.4 Å². The van der Waals surface area contributed by atoms with Crippen molar-refractivity contribution in [2.45, 2.75) is 18.8 Å². The van der Waals surface area contributed by atoms with Crippen molar-refractivity contribution in [3.05, 3.63) is 80.6 Å².